The first-order chi connectivity index (χ1) is 7.31. The molecule has 0 aliphatic heterocycles. The van der Waals surface area contributed by atoms with Crippen molar-refractivity contribution in [2.45, 2.75) is 71.1 Å². The first kappa shape index (κ1) is 14.3. The second-order valence-electron chi connectivity index (χ2n) is 4.17. The van der Waals surface area contributed by atoms with Gasteiger partial charge in [-0.3, -0.25) is 0 Å². The van der Waals surface area contributed by atoms with Gasteiger partial charge in [-0.2, -0.15) is 0 Å². The normalized spacial score (nSPS) is 11.9. The minimum atomic E-state index is 0.359. The quantitative estimate of drug-likeness (QED) is 0.192. The Kier molecular flexibility index (Phi) is 10.8. The van der Waals surface area contributed by atoms with E-state index in [0.717, 1.165) is 12.8 Å². The molecule has 0 fully saturated rings. The van der Waals surface area contributed by atoms with Gasteiger partial charge in [-0.15, -0.1) is 0 Å². The number of nitrogens with two attached hydrogens (primary N) is 1. The number of unbranched alkanes of at least 4 members (excludes halogenated alkanes) is 8. The number of amidine groups is 1. The molecule has 0 saturated carbocycles. The molecule has 3 nitrogen and oxygen atoms in total. The molecule has 0 atom stereocenters. The monoisotopic (exact) mass is 214 g/mol. The van der Waals surface area contributed by atoms with Crippen LogP contribution in [0.5, 0.6) is 0 Å². The van der Waals surface area contributed by atoms with Gasteiger partial charge in [0, 0.05) is 6.42 Å². The van der Waals surface area contributed by atoms with E-state index in [4.69, 9.17) is 10.9 Å². The maximum Gasteiger partial charge on any atom is 0.139 e. The van der Waals surface area contributed by atoms with Gasteiger partial charge in [-0.1, -0.05) is 63.4 Å². The Morgan fingerprint density at radius 1 is 0.933 bits per heavy atom. The van der Waals surface area contributed by atoms with Crippen LogP contribution >= 0.6 is 0 Å². The molecular weight excluding hydrogens is 188 g/mol. The van der Waals surface area contributed by atoms with Crippen molar-refractivity contribution < 1.29 is 5.21 Å². The Balaban J connectivity index is 2.99. The van der Waals surface area contributed by atoms with Crippen LogP contribution in [0.3, 0.4) is 0 Å². The van der Waals surface area contributed by atoms with E-state index in [1.165, 1.54) is 51.4 Å². The maximum atomic E-state index is 8.32. The number of nitrogens with zero attached hydrogens (tertiary/aromatic N) is 1. The number of rotatable bonds is 10. The molecule has 0 aliphatic carbocycles. The Bertz CT molecular complexity index is 158. The van der Waals surface area contributed by atoms with Gasteiger partial charge in [-0.25, -0.2) is 0 Å². The van der Waals surface area contributed by atoms with Crippen molar-refractivity contribution in [3.63, 3.8) is 0 Å². The SMILES string of the molecule is CCCCCCCCCCC/C(N)=N/O. The fraction of sp³-hybridized carbons (Fsp3) is 0.917. The van der Waals surface area contributed by atoms with Crippen molar-refractivity contribution in [2.24, 2.45) is 10.9 Å². The molecule has 0 spiro atoms. The van der Waals surface area contributed by atoms with Crippen molar-refractivity contribution in [2.75, 3.05) is 0 Å². The summed E-state index contributed by atoms with van der Waals surface area (Å²) in [6, 6.07) is 0. The highest BCUT2D eigenvalue weighted by Crippen LogP contribution is 2.10. The fourth-order valence-corrected chi connectivity index (χ4v) is 1.67. The van der Waals surface area contributed by atoms with Crippen LogP contribution in [-0.4, -0.2) is 11.0 Å². The summed E-state index contributed by atoms with van der Waals surface area (Å²) in [5.41, 5.74) is 5.37. The van der Waals surface area contributed by atoms with Crippen LogP contribution in [0.15, 0.2) is 5.16 Å². The molecular formula is C12H26N2O. The van der Waals surface area contributed by atoms with E-state index in [9.17, 15) is 0 Å². The van der Waals surface area contributed by atoms with Crippen LogP contribution in [0.4, 0.5) is 0 Å². The van der Waals surface area contributed by atoms with Crippen LogP contribution in [0.2, 0.25) is 0 Å². The highest BCUT2D eigenvalue weighted by molar-refractivity contribution is 5.79. The van der Waals surface area contributed by atoms with E-state index in [2.05, 4.69) is 12.1 Å². The van der Waals surface area contributed by atoms with Crippen molar-refractivity contribution >= 4 is 5.84 Å². The van der Waals surface area contributed by atoms with Gasteiger partial charge in [0.05, 0.1) is 0 Å². The molecule has 3 N–H and O–H groups in total. The van der Waals surface area contributed by atoms with E-state index in [1.54, 1.807) is 0 Å². The zero-order valence-corrected chi connectivity index (χ0v) is 10.0. The highest BCUT2D eigenvalue weighted by Gasteiger charge is 1.94. The molecule has 0 bridgehead atoms. The molecule has 0 unspecified atom stereocenters. The predicted octanol–water partition coefficient (Wildman–Crippen LogP) is 3.65. The molecule has 0 radical (unpaired) electrons. The standard InChI is InChI=1S/C12H26N2O/c1-2-3-4-5-6-7-8-9-10-11-12(13)14-15/h15H,2-11H2,1H3,(H2,13,14). The molecule has 0 aromatic rings. The predicted molar refractivity (Wildman–Crippen MR) is 65.3 cm³/mol. The Labute approximate surface area is 93.7 Å². The highest BCUT2D eigenvalue weighted by atomic mass is 16.4. The van der Waals surface area contributed by atoms with Crippen LogP contribution in [0.25, 0.3) is 0 Å². The Morgan fingerprint density at radius 3 is 1.87 bits per heavy atom. The second kappa shape index (κ2) is 11.3. The fourth-order valence-electron chi connectivity index (χ4n) is 1.67. The summed E-state index contributed by atoms with van der Waals surface area (Å²) in [6.07, 6.45) is 12.4. The van der Waals surface area contributed by atoms with Gasteiger partial charge >= 0.3 is 0 Å². The van der Waals surface area contributed by atoms with Gasteiger partial charge < -0.3 is 10.9 Å². The van der Waals surface area contributed by atoms with Crippen LogP contribution in [-0.2, 0) is 0 Å². The van der Waals surface area contributed by atoms with E-state index < -0.39 is 0 Å². The molecule has 15 heavy (non-hydrogen) atoms. The number of hydrogen-bond acceptors (Lipinski definition) is 2. The molecule has 0 aliphatic rings. The zero-order chi connectivity index (χ0) is 11.4. The van der Waals surface area contributed by atoms with E-state index >= 15 is 0 Å². The molecule has 3 heteroatoms. The minimum absolute atomic E-state index is 0.359. The lowest BCUT2D eigenvalue weighted by Gasteiger charge is -2.01. The molecule has 0 saturated heterocycles. The van der Waals surface area contributed by atoms with Crippen LogP contribution in [0.1, 0.15) is 71.1 Å². The molecule has 90 valence electrons. The first-order valence-electron chi connectivity index (χ1n) is 6.27. The molecule has 0 heterocycles. The average Bonchev–Trinajstić information content (AvgIpc) is 2.26. The Morgan fingerprint density at radius 2 is 1.40 bits per heavy atom. The van der Waals surface area contributed by atoms with E-state index in [1.807, 2.05) is 0 Å². The van der Waals surface area contributed by atoms with Gasteiger partial charge in [0.2, 0.25) is 0 Å². The molecule has 0 aromatic heterocycles. The van der Waals surface area contributed by atoms with Gasteiger partial charge in [0.15, 0.2) is 0 Å². The largest absolute Gasteiger partial charge is 0.409 e. The number of oxime groups is 1. The minimum Gasteiger partial charge on any atom is -0.409 e. The maximum absolute atomic E-state index is 8.32. The van der Waals surface area contributed by atoms with Crippen LogP contribution in [0, 0.1) is 0 Å². The molecule has 0 rings (SSSR count). The van der Waals surface area contributed by atoms with Crippen molar-refractivity contribution in [3.8, 4) is 0 Å². The summed E-state index contributed by atoms with van der Waals surface area (Å²) in [4.78, 5) is 0. The molecule has 0 aromatic carbocycles. The van der Waals surface area contributed by atoms with Gasteiger partial charge in [0.25, 0.3) is 0 Å². The van der Waals surface area contributed by atoms with Crippen molar-refractivity contribution in [3.05, 3.63) is 0 Å². The lowest BCUT2D eigenvalue weighted by molar-refractivity contribution is 0.316. The van der Waals surface area contributed by atoms with E-state index in [-0.39, 0.29) is 0 Å². The van der Waals surface area contributed by atoms with Gasteiger partial charge in [0.1, 0.15) is 5.84 Å². The van der Waals surface area contributed by atoms with E-state index in [0.29, 0.717) is 5.84 Å². The lowest BCUT2D eigenvalue weighted by atomic mass is 10.1. The van der Waals surface area contributed by atoms with Gasteiger partial charge in [-0.05, 0) is 6.42 Å². The van der Waals surface area contributed by atoms with Crippen molar-refractivity contribution in [1.82, 2.24) is 0 Å². The lowest BCUT2D eigenvalue weighted by Crippen LogP contribution is -2.10. The average molecular weight is 214 g/mol. The van der Waals surface area contributed by atoms with Crippen LogP contribution < -0.4 is 5.73 Å². The summed E-state index contributed by atoms with van der Waals surface area (Å²) in [6.45, 7) is 2.24. The zero-order valence-electron chi connectivity index (χ0n) is 10.0. The summed E-state index contributed by atoms with van der Waals surface area (Å²) >= 11 is 0. The first-order valence-corrected chi connectivity index (χ1v) is 6.27. The summed E-state index contributed by atoms with van der Waals surface area (Å²) in [5, 5.41) is 11.3. The third-order valence-electron chi connectivity index (χ3n) is 2.66. The third kappa shape index (κ3) is 11.2. The topological polar surface area (TPSA) is 58.6 Å². The summed E-state index contributed by atoms with van der Waals surface area (Å²) in [7, 11) is 0. The number of hydrogen-bond donors (Lipinski definition) is 2. The third-order valence-corrected chi connectivity index (χ3v) is 2.66. The molecule has 0 amide bonds. The summed E-state index contributed by atoms with van der Waals surface area (Å²) < 4.78 is 0. The Hall–Kier alpha value is -0.730. The second-order valence-corrected chi connectivity index (χ2v) is 4.17. The summed E-state index contributed by atoms with van der Waals surface area (Å²) in [5.74, 6) is 0.359. The van der Waals surface area contributed by atoms with Crippen molar-refractivity contribution in [1.29, 1.82) is 0 Å². The smallest absolute Gasteiger partial charge is 0.139 e.